The molecule has 0 bridgehead atoms. The summed E-state index contributed by atoms with van der Waals surface area (Å²) in [4.78, 5) is 11.3. The van der Waals surface area contributed by atoms with Crippen molar-refractivity contribution < 1.29 is 165 Å². The third-order valence-electron chi connectivity index (χ3n) is 12.0. The first-order valence-corrected chi connectivity index (χ1v) is 27.7. The van der Waals surface area contributed by atoms with E-state index in [0.717, 1.165) is 28.0 Å². The van der Waals surface area contributed by atoms with Crippen molar-refractivity contribution in [1.29, 1.82) is 0 Å². The molecule has 0 radical (unpaired) electrons. The number of carboxylic acids is 1. The Hall–Kier alpha value is -1.57. The Morgan fingerprint density at radius 1 is 0.789 bits per heavy atom. The SMILES string of the molecule is CN(CCCC(=O)O)S(=O)(=O)c1cccc2c3c(ccc12)N(CCCS(=O)(=O)[O-])C(=CC=CC=CC1=[N+](CCCSOO[O-])c2ccc4c(S(=O)(=O)[O-])cc(S(=O)(=O)[O-])cc4c2C1(C)C)C3(C)C.[Na+].[Na+].[Na+]. The molecule has 19 nitrogen and oxygen atoms in total. The molecule has 4 aromatic rings. The number of anilines is 1. The van der Waals surface area contributed by atoms with E-state index >= 15 is 0 Å². The van der Waals surface area contributed by atoms with Gasteiger partial charge in [0.15, 0.2) is 5.71 Å². The van der Waals surface area contributed by atoms with Crippen molar-refractivity contribution in [3.05, 3.63) is 102 Å². The summed E-state index contributed by atoms with van der Waals surface area (Å²) in [6.07, 6.45) is 9.08. The van der Waals surface area contributed by atoms with E-state index in [1.807, 2.05) is 29.4 Å². The number of sulfonamides is 1. The van der Waals surface area contributed by atoms with E-state index in [-0.39, 0.29) is 137 Å². The molecule has 0 fully saturated rings. The summed E-state index contributed by atoms with van der Waals surface area (Å²) in [5.41, 5.74) is 1.88. The number of fused-ring (bicyclic) bond motifs is 6. The summed E-state index contributed by atoms with van der Waals surface area (Å²) in [7, 11) is -17.7. The average Bonchev–Trinajstić information content (AvgIpc) is 3.59. The number of hydrogen-bond donors (Lipinski definition) is 1. The van der Waals surface area contributed by atoms with E-state index in [2.05, 4.69) is 9.37 Å². The second-order valence-electron chi connectivity index (χ2n) is 17.2. The molecule has 0 amide bonds. The predicted molar refractivity (Wildman–Crippen MR) is 248 cm³/mol. The summed E-state index contributed by atoms with van der Waals surface area (Å²) in [6, 6.07) is 12.9. The minimum atomic E-state index is -5.26. The van der Waals surface area contributed by atoms with Crippen molar-refractivity contribution in [2.24, 2.45) is 0 Å². The maximum absolute atomic E-state index is 13.9. The van der Waals surface area contributed by atoms with E-state index in [0.29, 0.717) is 63.9 Å². The van der Waals surface area contributed by atoms with Gasteiger partial charge < -0.3 is 28.9 Å². The van der Waals surface area contributed by atoms with Crippen LogP contribution in [0.3, 0.4) is 0 Å². The van der Waals surface area contributed by atoms with Gasteiger partial charge in [0.1, 0.15) is 26.8 Å². The number of aliphatic carboxylic acids is 1. The molecule has 0 unspecified atom stereocenters. The molecule has 71 heavy (non-hydrogen) atoms. The number of allylic oxidation sites excluding steroid dienone is 6. The van der Waals surface area contributed by atoms with Crippen LogP contribution in [0.5, 0.6) is 0 Å². The smallest absolute Gasteiger partial charge is 0.748 e. The van der Waals surface area contributed by atoms with Crippen LogP contribution in [0.2, 0.25) is 0 Å². The Labute approximate surface area is 484 Å². The number of nitrogens with zero attached hydrogens (tertiary/aromatic N) is 3. The zero-order valence-corrected chi connectivity index (χ0v) is 50.5. The molecule has 2 aliphatic heterocycles. The zero-order valence-electron chi connectivity index (χ0n) is 40.4. The van der Waals surface area contributed by atoms with Crippen molar-refractivity contribution in [2.75, 3.05) is 43.1 Å². The molecule has 0 spiro atoms. The molecule has 4 aromatic carbocycles. The van der Waals surface area contributed by atoms with Crippen LogP contribution in [-0.4, -0.2) is 111 Å². The Morgan fingerprint density at radius 3 is 2.07 bits per heavy atom. The number of benzene rings is 4. The van der Waals surface area contributed by atoms with Crippen molar-refractivity contribution in [3.63, 3.8) is 0 Å². The monoisotopic (exact) mass is 1100 g/mol. The molecule has 2 heterocycles. The van der Waals surface area contributed by atoms with Crippen LogP contribution in [-0.2, 0) is 65.4 Å². The summed E-state index contributed by atoms with van der Waals surface area (Å²) in [5, 5.41) is 23.9. The van der Waals surface area contributed by atoms with Crippen LogP contribution in [0.4, 0.5) is 11.4 Å². The van der Waals surface area contributed by atoms with Gasteiger partial charge in [0.05, 0.1) is 30.2 Å². The summed E-state index contributed by atoms with van der Waals surface area (Å²) in [5.74, 6) is -1.37. The third kappa shape index (κ3) is 14.1. The molecule has 2 aliphatic rings. The molecule has 0 saturated carbocycles. The second-order valence-corrected chi connectivity index (χ2v) is 24.2. The largest absolute Gasteiger partial charge is 1.00 e. The molecule has 1 N–H and O–H groups in total. The van der Waals surface area contributed by atoms with E-state index < -0.39 is 72.7 Å². The van der Waals surface area contributed by atoms with E-state index in [4.69, 9.17) is 5.11 Å². The second kappa shape index (κ2) is 25.1. The molecular weight excluding hydrogens is 1060 g/mol. The first-order valence-electron chi connectivity index (χ1n) is 20.9. The van der Waals surface area contributed by atoms with Crippen molar-refractivity contribution in [1.82, 2.24) is 4.31 Å². The zero-order chi connectivity index (χ0) is 50.2. The maximum atomic E-state index is 13.9. The van der Waals surface area contributed by atoms with Gasteiger partial charge in [0.25, 0.3) is 0 Å². The molecule has 0 aliphatic carbocycles. The predicted octanol–water partition coefficient (Wildman–Crippen LogP) is -4.33. The summed E-state index contributed by atoms with van der Waals surface area (Å²) in [6.45, 7) is 7.87. The van der Waals surface area contributed by atoms with Gasteiger partial charge in [-0.15, -0.1) is 0 Å². The van der Waals surface area contributed by atoms with Crippen molar-refractivity contribution in [3.8, 4) is 0 Å². The quantitative estimate of drug-likeness (QED) is 0.0121. The average molecular weight is 1100 g/mol. The van der Waals surface area contributed by atoms with Crippen molar-refractivity contribution in [2.45, 2.75) is 78.9 Å². The van der Waals surface area contributed by atoms with E-state index in [9.17, 15) is 57.4 Å². The molecular formula is C44H48N3Na3O16S5. The number of carbonyl (C=O) groups is 1. The van der Waals surface area contributed by atoms with Crippen LogP contribution in [0.25, 0.3) is 21.5 Å². The van der Waals surface area contributed by atoms with Crippen LogP contribution in [0.1, 0.15) is 64.5 Å². The molecule has 0 aromatic heterocycles. The van der Waals surface area contributed by atoms with Crippen LogP contribution in [0.15, 0.2) is 105 Å². The van der Waals surface area contributed by atoms with E-state index in [1.165, 1.54) is 19.2 Å². The fraction of sp³-hybridized carbons (Fsp3) is 0.364. The molecule has 0 saturated heterocycles. The maximum Gasteiger partial charge on any atom is 1.00 e. The van der Waals surface area contributed by atoms with Crippen molar-refractivity contribution >= 4 is 97.0 Å². The van der Waals surface area contributed by atoms with Crippen LogP contribution >= 0.6 is 12.0 Å². The minimum absolute atomic E-state index is 0. The Morgan fingerprint density at radius 2 is 1.45 bits per heavy atom. The normalized spacial score (nSPS) is 16.2. The van der Waals surface area contributed by atoms with Gasteiger partial charge in [0, 0.05) is 102 Å². The molecule has 6 rings (SSSR count). The minimum Gasteiger partial charge on any atom is -0.748 e. The summed E-state index contributed by atoms with van der Waals surface area (Å²) >= 11 is 0.772. The third-order valence-corrected chi connectivity index (χ3v) is 17.0. The van der Waals surface area contributed by atoms with Gasteiger partial charge in [0.2, 0.25) is 15.7 Å². The first-order chi connectivity index (χ1) is 31.6. The van der Waals surface area contributed by atoms with Gasteiger partial charge in [-0.05, 0) is 79.4 Å². The van der Waals surface area contributed by atoms with Gasteiger partial charge in [-0.25, -0.2) is 38.0 Å². The topological polar surface area (TPSA) is 294 Å². The standard InChI is InChI=1S/C44H51N3O16S5.3Na/c1-43(2)38(47(24-12-26-65(51,52)53)34-20-18-30-32(41(34)43)13-9-14-36(30)66(54,55)45(5)22-10-17-40(48)49)15-7-6-8-16-39-44(3,4)42-33-27-29(67(56,57)58)28-37(68(59,60)61)31(33)19-21-35(42)46(39)23-11-25-64-63-62-50;;;/h6-9,13-16,18-21,27-28H,10-12,17,22-26H2,1-5H3,(H4-,48,49,50,51,52,53,56,57,58,59,60,61);;;/q;3*+1/p-3. The van der Waals surface area contributed by atoms with E-state index in [1.54, 1.807) is 68.5 Å². The molecule has 0 atom stereocenters. The Kier molecular flexibility index (Phi) is 22.5. The van der Waals surface area contributed by atoms with Crippen LogP contribution < -0.4 is 98.8 Å². The van der Waals surface area contributed by atoms with Crippen LogP contribution in [0, 0.1) is 0 Å². The summed E-state index contributed by atoms with van der Waals surface area (Å²) < 4.78 is 144. The van der Waals surface area contributed by atoms with Gasteiger partial charge in [-0.1, -0.05) is 50.3 Å². The number of hydrogen-bond acceptors (Lipinski definition) is 17. The first kappa shape index (κ1) is 63.7. The molecule has 27 heteroatoms. The van der Waals surface area contributed by atoms with Gasteiger partial charge >= 0.3 is 94.6 Å². The Bertz CT molecular complexity index is 3270. The fourth-order valence-electron chi connectivity index (χ4n) is 9.12. The Balaban J connectivity index is 0.00000444. The fourth-order valence-corrected chi connectivity index (χ4v) is 12.7. The number of rotatable bonds is 21. The number of carboxylic acid groups (broad SMARTS) is 1. The molecule has 368 valence electrons. The van der Waals surface area contributed by atoms with Gasteiger partial charge in [-0.3, -0.25) is 9.83 Å². The van der Waals surface area contributed by atoms with Gasteiger partial charge in [-0.2, -0.15) is 8.91 Å².